The minimum atomic E-state index is -2.10. The summed E-state index contributed by atoms with van der Waals surface area (Å²) in [6.45, 7) is 5.42. The van der Waals surface area contributed by atoms with Crippen molar-refractivity contribution in [3.05, 3.63) is 30.3 Å². The minimum Gasteiger partial charge on any atom is -0.463 e. The molecule has 0 unspecified atom stereocenters. The Labute approximate surface area is 129 Å². The SMILES string of the molecule is CCC[C@H](C)[C@@](O)(C(=O)OCC)C(=O)Sc1ccccc1. The zero-order chi connectivity index (χ0) is 15.9. The van der Waals surface area contributed by atoms with Crippen LogP contribution in [-0.2, 0) is 14.3 Å². The number of aliphatic hydroxyl groups is 1. The van der Waals surface area contributed by atoms with Gasteiger partial charge in [0.1, 0.15) is 0 Å². The number of hydrogen-bond acceptors (Lipinski definition) is 5. The van der Waals surface area contributed by atoms with Crippen molar-refractivity contribution in [2.24, 2.45) is 5.92 Å². The molecule has 0 aliphatic rings. The summed E-state index contributed by atoms with van der Waals surface area (Å²) >= 11 is 0.869. The fourth-order valence-electron chi connectivity index (χ4n) is 2.04. The molecule has 1 rings (SSSR count). The van der Waals surface area contributed by atoms with Crippen LogP contribution in [0.5, 0.6) is 0 Å². The molecule has 0 aromatic heterocycles. The predicted molar refractivity (Wildman–Crippen MR) is 83.0 cm³/mol. The molecule has 2 atom stereocenters. The molecule has 0 saturated carbocycles. The zero-order valence-electron chi connectivity index (χ0n) is 12.7. The first-order valence-corrected chi connectivity index (χ1v) is 7.95. The average Bonchev–Trinajstić information content (AvgIpc) is 2.47. The van der Waals surface area contributed by atoms with Crippen LogP contribution in [0.15, 0.2) is 35.2 Å². The molecular formula is C16H22O4S. The van der Waals surface area contributed by atoms with Crippen molar-refractivity contribution < 1.29 is 19.4 Å². The van der Waals surface area contributed by atoms with Crippen molar-refractivity contribution in [2.75, 3.05) is 6.61 Å². The van der Waals surface area contributed by atoms with Gasteiger partial charge in [-0.2, -0.15) is 0 Å². The largest absolute Gasteiger partial charge is 0.463 e. The van der Waals surface area contributed by atoms with E-state index < -0.39 is 22.6 Å². The molecule has 0 radical (unpaired) electrons. The van der Waals surface area contributed by atoms with E-state index in [4.69, 9.17) is 4.74 Å². The van der Waals surface area contributed by atoms with E-state index in [2.05, 4.69) is 0 Å². The van der Waals surface area contributed by atoms with Crippen molar-refractivity contribution in [3.63, 3.8) is 0 Å². The highest BCUT2D eigenvalue weighted by Gasteiger charge is 2.49. The van der Waals surface area contributed by atoms with E-state index in [9.17, 15) is 14.7 Å². The van der Waals surface area contributed by atoms with Crippen LogP contribution in [0.4, 0.5) is 0 Å². The fraction of sp³-hybridized carbons (Fsp3) is 0.500. The maximum Gasteiger partial charge on any atom is 0.347 e. The third kappa shape index (κ3) is 4.32. The van der Waals surface area contributed by atoms with Crippen LogP contribution >= 0.6 is 11.8 Å². The Balaban J connectivity index is 2.99. The Bertz CT molecular complexity index is 474. The highest BCUT2D eigenvalue weighted by atomic mass is 32.2. The van der Waals surface area contributed by atoms with Gasteiger partial charge in [-0.15, -0.1) is 0 Å². The molecule has 1 aromatic carbocycles. The lowest BCUT2D eigenvalue weighted by atomic mass is 9.86. The van der Waals surface area contributed by atoms with Gasteiger partial charge in [0.2, 0.25) is 10.7 Å². The molecule has 21 heavy (non-hydrogen) atoms. The molecule has 1 N–H and O–H groups in total. The van der Waals surface area contributed by atoms with E-state index in [-0.39, 0.29) is 6.61 Å². The number of carbonyl (C=O) groups is 2. The smallest absolute Gasteiger partial charge is 0.347 e. The lowest BCUT2D eigenvalue weighted by Crippen LogP contribution is -2.51. The Morgan fingerprint density at radius 1 is 1.29 bits per heavy atom. The average molecular weight is 310 g/mol. The third-order valence-corrected chi connectivity index (χ3v) is 4.29. The first-order chi connectivity index (χ1) is 9.96. The lowest BCUT2D eigenvalue weighted by Gasteiger charge is -2.29. The maximum atomic E-state index is 12.5. The van der Waals surface area contributed by atoms with Crippen molar-refractivity contribution in [1.82, 2.24) is 0 Å². The number of rotatable bonds is 7. The van der Waals surface area contributed by atoms with E-state index in [0.29, 0.717) is 11.3 Å². The van der Waals surface area contributed by atoms with E-state index in [1.165, 1.54) is 0 Å². The van der Waals surface area contributed by atoms with Crippen molar-refractivity contribution in [2.45, 2.75) is 44.1 Å². The van der Waals surface area contributed by atoms with Crippen molar-refractivity contribution in [3.8, 4) is 0 Å². The summed E-state index contributed by atoms with van der Waals surface area (Å²) in [6.07, 6.45) is 1.34. The van der Waals surface area contributed by atoms with Gasteiger partial charge >= 0.3 is 5.97 Å². The predicted octanol–water partition coefficient (Wildman–Crippen LogP) is 3.04. The highest BCUT2D eigenvalue weighted by Crippen LogP contribution is 2.32. The van der Waals surface area contributed by atoms with Gasteiger partial charge < -0.3 is 9.84 Å². The number of esters is 1. The second-order valence-electron chi connectivity index (χ2n) is 4.88. The van der Waals surface area contributed by atoms with Crippen LogP contribution in [-0.4, -0.2) is 28.4 Å². The van der Waals surface area contributed by atoms with Gasteiger partial charge in [-0.1, -0.05) is 38.5 Å². The molecule has 0 bridgehead atoms. The van der Waals surface area contributed by atoms with Gasteiger partial charge in [0.15, 0.2) is 0 Å². The molecule has 0 aliphatic carbocycles. The molecule has 4 nitrogen and oxygen atoms in total. The molecule has 0 heterocycles. The van der Waals surface area contributed by atoms with E-state index in [1.54, 1.807) is 38.1 Å². The number of hydrogen-bond donors (Lipinski definition) is 1. The molecule has 5 heteroatoms. The number of benzene rings is 1. The summed E-state index contributed by atoms with van der Waals surface area (Å²) in [6, 6.07) is 8.96. The molecule has 0 spiro atoms. The second-order valence-corrected chi connectivity index (χ2v) is 5.93. The first kappa shape index (κ1) is 17.7. The summed E-state index contributed by atoms with van der Waals surface area (Å²) in [7, 11) is 0. The van der Waals surface area contributed by atoms with Crippen LogP contribution in [0.1, 0.15) is 33.6 Å². The molecule has 1 aromatic rings. The van der Waals surface area contributed by atoms with Gasteiger partial charge in [0.05, 0.1) is 6.61 Å². The van der Waals surface area contributed by atoms with Gasteiger partial charge in [0, 0.05) is 10.8 Å². The number of thioether (sulfide) groups is 1. The Morgan fingerprint density at radius 3 is 2.43 bits per heavy atom. The van der Waals surface area contributed by atoms with E-state index in [1.807, 2.05) is 13.0 Å². The van der Waals surface area contributed by atoms with Gasteiger partial charge in [-0.05, 0) is 37.2 Å². The minimum absolute atomic E-state index is 0.128. The Morgan fingerprint density at radius 2 is 1.90 bits per heavy atom. The Kier molecular flexibility index (Phi) is 6.92. The molecule has 0 saturated heterocycles. The summed E-state index contributed by atoms with van der Waals surface area (Å²) in [5.41, 5.74) is -2.10. The van der Waals surface area contributed by atoms with Crippen LogP contribution in [0.25, 0.3) is 0 Å². The van der Waals surface area contributed by atoms with Gasteiger partial charge in [-0.3, -0.25) is 4.79 Å². The van der Waals surface area contributed by atoms with Crippen molar-refractivity contribution >= 4 is 22.8 Å². The number of carbonyl (C=O) groups excluding carboxylic acids is 2. The highest BCUT2D eigenvalue weighted by molar-refractivity contribution is 8.14. The molecule has 0 fully saturated rings. The first-order valence-electron chi connectivity index (χ1n) is 7.13. The Hall–Kier alpha value is -1.33. The monoisotopic (exact) mass is 310 g/mol. The van der Waals surface area contributed by atoms with Crippen LogP contribution in [0, 0.1) is 5.92 Å². The summed E-state index contributed by atoms with van der Waals surface area (Å²) in [5.74, 6) is -1.36. The van der Waals surface area contributed by atoms with Gasteiger partial charge in [-0.25, -0.2) is 4.79 Å². The molecule has 0 amide bonds. The van der Waals surface area contributed by atoms with Crippen LogP contribution in [0.2, 0.25) is 0 Å². The molecular weight excluding hydrogens is 288 g/mol. The van der Waals surface area contributed by atoms with Gasteiger partial charge in [0.25, 0.3) is 0 Å². The normalized spacial score (nSPS) is 15.0. The van der Waals surface area contributed by atoms with E-state index >= 15 is 0 Å². The van der Waals surface area contributed by atoms with E-state index in [0.717, 1.165) is 18.2 Å². The summed E-state index contributed by atoms with van der Waals surface area (Å²) in [5, 5.41) is 10.1. The van der Waals surface area contributed by atoms with Crippen LogP contribution in [0.3, 0.4) is 0 Å². The zero-order valence-corrected chi connectivity index (χ0v) is 13.5. The number of ether oxygens (including phenoxy) is 1. The third-order valence-electron chi connectivity index (χ3n) is 3.29. The standard InChI is InChI=1S/C16H22O4S/c1-4-9-12(3)16(19,14(17)20-5-2)15(18)21-13-10-7-6-8-11-13/h6-8,10-12,19H,4-5,9H2,1-3H3/t12-,16+/m0/s1. The van der Waals surface area contributed by atoms with Crippen molar-refractivity contribution in [1.29, 1.82) is 0 Å². The summed E-state index contributed by atoms with van der Waals surface area (Å²) in [4.78, 5) is 25.3. The summed E-state index contributed by atoms with van der Waals surface area (Å²) < 4.78 is 4.91. The maximum absolute atomic E-state index is 12.5. The second kappa shape index (κ2) is 8.20. The lowest BCUT2D eigenvalue weighted by molar-refractivity contribution is -0.172. The fourth-order valence-corrected chi connectivity index (χ4v) is 2.99. The quantitative estimate of drug-likeness (QED) is 0.476. The topological polar surface area (TPSA) is 63.6 Å². The molecule has 116 valence electrons. The van der Waals surface area contributed by atoms with Crippen LogP contribution < -0.4 is 0 Å². The molecule has 0 aliphatic heterocycles.